The van der Waals surface area contributed by atoms with E-state index in [9.17, 15) is 22.8 Å². The summed E-state index contributed by atoms with van der Waals surface area (Å²) in [6, 6.07) is 12.7. The van der Waals surface area contributed by atoms with Crippen LogP contribution in [0.15, 0.2) is 48.5 Å². The van der Waals surface area contributed by atoms with Crippen molar-refractivity contribution >= 4 is 11.8 Å². The molecule has 1 atom stereocenters. The molecule has 0 fully saturated rings. The van der Waals surface area contributed by atoms with Gasteiger partial charge in [0.05, 0.1) is 19.0 Å². The molecular formula is C20H19F3N2O4. The van der Waals surface area contributed by atoms with Gasteiger partial charge in [-0.2, -0.15) is 13.2 Å². The molecule has 0 aliphatic carbocycles. The minimum Gasteiger partial charge on any atom is -0.491 e. The predicted molar refractivity (Wildman–Crippen MR) is 96.2 cm³/mol. The van der Waals surface area contributed by atoms with Gasteiger partial charge < -0.3 is 9.64 Å². The number of halogens is 3. The second-order valence-electron chi connectivity index (χ2n) is 6.64. The van der Waals surface area contributed by atoms with Crippen molar-refractivity contribution in [2.75, 3.05) is 6.61 Å². The maximum absolute atomic E-state index is 12.7. The SMILES string of the molecule is O=C(NO)c1ccc2c(c1)OCC(c1ccccc1)N(C(=O)CCC(F)(F)F)C2. The third kappa shape index (κ3) is 5.05. The van der Waals surface area contributed by atoms with Crippen molar-refractivity contribution in [1.82, 2.24) is 10.4 Å². The number of rotatable bonds is 4. The van der Waals surface area contributed by atoms with Crippen LogP contribution in [0.25, 0.3) is 0 Å². The Morgan fingerprint density at radius 3 is 2.55 bits per heavy atom. The molecule has 1 unspecified atom stereocenters. The lowest BCUT2D eigenvalue weighted by Gasteiger charge is -2.30. The Kier molecular flexibility index (Phi) is 6.07. The highest BCUT2D eigenvalue weighted by atomic mass is 19.4. The fourth-order valence-corrected chi connectivity index (χ4v) is 3.18. The Morgan fingerprint density at radius 2 is 1.90 bits per heavy atom. The number of hydrogen-bond acceptors (Lipinski definition) is 4. The molecule has 6 nitrogen and oxygen atoms in total. The monoisotopic (exact) mass is 408 g/mol. The number of carbonyl (C=O) groups is 2. The van der Waals surface area contributed by atoms with Gasteiger partial charge in [0.15, 0.2) is 0 Å². The minimum atomic E-state index is -4.43. The molecule has 3 rings (SSSR count). The van der Waals surface area contributed by atoms with E-state index in [0.717, 1.165) is 5.56 Å². The van der Waals surface area contributed by atoms with Gasteiger partial charge in [-0.05, 0) is 17.7 Å². The molecule has 9 heteroatoms. The lowest BCUT2D eigenvalue weighted by molar-refractivity contribution is -0.151. The molecule has 0 saturated heterocycles. The van der Waals surface area contributed by atoms with Gasteiger partial charge in [-0.25, -0.2) is 5.48 Å². The standard InChI is InChI=1S/C20H19F3N2O4/c21-20(22,23)9-8-18(26)25-11-15-7-6-14(19(27)24-28)10-17(15)29-12-16(25)13-4-2-1-3-5-13/h1-7,10,16,28H,8-9,11-12H2,(H,24,27). The number of fused-ring (bicyclic) bond motifs is 1. The van der Waals surface area contributed by atoms with Crippen LogP contribution in [0.5, 0.6) is 5.75 Å². The first-order valence-corrected chi connectivity index (χ1v) is 8.90. The van der Waals surface area contributed by atoms with Gasteiger partial charge in [0.1, 0.15) is 12.4 Å². The third-order valence-electron chi connectivity index (χ3n) is 4.67. The number of nitrogens with one attached hydrogen (secondary N) is 1. The second kappa shape index (κ2) is 8.52. The summed E-state index contributed by atoms with van der Waals surface area (Å²) in [7, 11) is 0. The first kappa shape index (κ1) is 20.7. The van der Waals surface area contributed by atoms with E-state index in [2.05, 4.69) is 0 Å². The molecule has 0 spiro atoms. The van der Waals surface area contributed by atoms with Crippen molar-refractivity contribution in [2.24, 2.45) is 0 Å². The van der Waals surface area contributed by atoms with Crippen molar-refractivity contribution in [1.29, 1.82) is 0 Å². The first-order valence-electron chi connectivity index (χ1n) is 8.90. The molecule has 1 aliphatic heterocycles. The van der Waals surface area contributed by atoms with E-state index in [0.29, 0.717) is 11.3 Å². The van der Waals surface area contributed by atoms with Crippen LogP contribution in [0.3, 0.4) is 0 Å². The summed E-state index contributed by atoms with van der Waals surface area (Å²) < 4.78 is 43.7. The zero-order valence-electron chi connectivity index (χ0n) is 15.3. The van der Waals surface area contributed by atoms with Gasteiger partial charge in [-0.1, -0.05) is 36.4 Å². The maximum Gasteiger partial charge on any atom is 0.389 e. The minimum absolute atomic E-state index is 0.0129. The molecule has 29 heavy (non-hydrogen) atoms. The van der Waals surface area contributed by atoms with Crippen molar-refractivity contribution < 1.29 is 32.7 Å². The number of benzene rings is 2. The van der Waals surface area contributed by atoms with Gasteiger partial charge in [0.25, 0.3) is 5.91 Å². The number of ether oxygens (including phenoxy) is 1. The molecule has 2 aromatic carbocycles. The van der Waals surface area contributed by atoms with Gasteiger partial charge in [0, 0.05) is 17.5 Å². The van der Waals surface area contributed by atoms with Crippen LogP contribution in [0.4, 0.5) is 13.2 Å². The van der Waals surface area contributed by atoms with Crippen molar-refractivity contribution in [3.63, 3.8) is 0 Å². The fourth-order valence-electron chi connectivity index (χ4n) is 3.18. The van der Waals surface area contributed by atoms with Crippen LogP contribution in [0.1, 0.15) is 40.4 Å². The Bertz CT molecular complexity index is 887. The smallest absolute Gasteiger partial charge is 0.389 e. The molecule has 0 radical (unpaired) electrons. The summed E-state index contributed by atoms with van der Waals surface area (Å²) >= 11 is 0. The number of nitrogens with zero attached hydrogens (tertiary/aromatic N) is 1. The third-order valence-corrected chi connectivity index (χ3v) is 4.67. The predicted octanol–water partition coefficient (Wildman–Crippen LogP) is 3.61. The van der Waals surface area contributed by atoms with Crippen LogP contribution >= 0.6 is 0 Å². The van der Waals surface area contributed by atoms with Gasteiger partial charge in [-0.3, -0.25) is 14.8 Å². The van der Waals surface area contributed by atoms with E-state index in [4.69, 9.17) is 9.94 Å². The van der Waals surface area contributed by atoms with Gasteiger partial charge in [0.2, 0.25) is 5.91 Å². The van der Waals surface area contributed by atoms with Crippen molar-refractivity contribution in [3.05, 3.63) is 65.2 Å². The molecule has 0 aromatic heterocycles. The molecule has 1 aliphatic rings. The second-order valence-corrected chi connectivity index (χ2v) is 6.64. The quantitative estimate of drug-likeness (QED) is 0.599. The van der Waals surface area contributed by atoms with Gasteiger partial charge in [-0.15, -0.1) is 0 Å². The molecule has 0 bridgehead atoms. The Hall–Kier alpha value is -3.07. The van der Waals surface area contributed by atoms with E-state index in [1.54, 1.807) is 36.4 Å². The summed E-state index contributed by atoms with van der Waals surface area (Å²) in [4.78, 5) is 25.7. The Balaban J connectivity index is 1.92. The summed E-state index contributed by atoms with van der Waals surface area (Å²) in [6.45, 7) is 0.0472. The van der Waals surface area contributed by atoms with Crippen molar-refractivity contribution in [2.45, 2.75) is 31.6 Å². The largest absolute Gasteiger partial charge is 0.491 e. The lowest BCUT2D eigenvalue weighted by atomic mass is 10.0. The van der Waals surface area contributed by atoms with Crippen LogP contribution < -0.4 is 10.2 Å². The molecule has 0 saturated carbocycles. The van der Waals surface area contributed by atoms with E-state index in [1.165, 1.54) is 22.5 Å². The fraction of sp³-hybridized carbons (Fsp3) is 0.300. The lowest BCUT2D eigenvalue weighted by Crippen LogP contribution is -2.36. The number of hydroxylamine groups is 1. The first-order chi connectivity index (χ1) is 13.8. The number of alkyl halides is 3. The molecule has 1 heterocycles. The number of hydrogen-bond donors (Lipinski definition) is 2. The molecular weight excluding hydrogens is 389 g/mol. The van der Waals surface area contributed by atoms with Gasteiger partial charge >= 0.3 is 6.18 Å². The summed E-state index contributed by atoms with van der Waals surface area (Å²) in [5.41, 5.74) is 2.97. The number of carbonyl (C=O) groups excluding carboxylic acids is 2. The zero-order chi connectivity index (χ0) is 21.0. The topological polar surface area (TPSA) is 78.9 Å². The summed E-state index contributed by atoms with van der Waals surface area (Å²) in [5, 5.41) is 8.79. The van der Waals surface area contributed by atoms with E-state index < -0.39 is 36.9 Å². The van der Waals surface area contributed by atoms with E-state index in [1.807, 2.05) is 0 Å². The van der Waals surface area contributed by atoms with E-state index >= 15 is 0 Å². The zero-order valence-corrected chi connectivity index (χ0v) is 15.3. The summed E-state index contributed by atoms with van der Waals surface area (Å²) in [6.07, 6.45) is -6.29. The highest BCUT2D eigenvalue weighted by Crippen LogP contribution is 2.33. The number of amides is 2. The summed E-state index contributed by atoms with van der Waals surface area (Å²) in [5.74, 6) is -1.03. The Morgan fingerprint density at radius 1 is 1.17 bits per heavy atom. The molecule has 154 valence electrons. The highest BCUT2D eigenvalue weighted by Gasteiger charge is 2.33. The maximum atomic E-state index is 12.7. The molecule has 2 N–H and O–H groups in total. The van der Waals surface area contributed by atoms with E-state index in [-0.39, 0.29) is 18.7 Å². The van der Waals surface area contributed by atoms with Crippen LogP contribution in [0.2, 0.25) is 0 Å². The van der Waals surface area contributed by atoms with Crippen molar-refractivity contribution in [3.8, 4) is 5.75 Å². The van der Waals surface area contributed by atoms with Crippen LogP contribution in [0, 0.1) is 0 Å². The van der Waals surface area contributed by atoms with Crippen LogP contribution in [-0.2, 0) is 11.3 Å². The average Bonchev–Trinajstić information content (AvgIpc) is 2.90. The molecule has 2 amide bonds. The highest BCUT2D eigenvalue weighted by molar-refractivity contribution is 5.93. The normalized spacial score (nSPS) is 16.4. The molecule has 2 aromatic rings. The van der Waals surface area contributed by atoms with Crippen LogP contribution in [-0.4, -0.2) is 34.7 Å². The Labute approximate surface area is 164 Å². The average molecular weight is 408 g/mol.